The number of carbonyl (C=O) groups is 2. The SMILES string of the molecule is Cc1ccc(NC(=O)c2ccccc2OCC(=O)Nc2ccc(I)cc2)cc1. The van der Waals surface area contributed by atoms with Crippen LogP contribution in [0.1, 0.15) is 15.9 Å². The van der Waals surface area contributed by atoms with Gasteiger partial charge >= 0.3 is 0 Å². The Morgan fingerprint density at radius 3 is 2.18 bits per heavy atom. The van der Waals surface area contributed by atoms with Crippen LogP contribution in [-0.2, 0) is 4.79 Å². The maximum Gasteiger partial charge on any atom is 0.262 e. The topological polar surface area (TPSA) is 67.4 Å². The van der Waals surface area contributed by atoms with Gasteiger partial charge in [0.25, 0.3) is 11.8 Å². The monoisotopic (exact) mass is 486 g/mol. The van der Waals surface area contributed by atoms with E-state index < -0.39 is 0 Å². The molecule has 3 rings (SSSR count). The molecule has 0 radical (unpaired) electrons. The molecule has 0 aliphatic heterocycles. The molecule has 3 aromatic rings. The van der Waals surface area contributed by atoms with E-state index in [0.717, 1.165) is 9.13 Å². The summed E-state index contributed by atoms with van der Waals surface area (Å²) in [5.74, 6) is -0.239. The van der Waals surface area contributed by atoms with E-state index in [9.17, 15) is 9.59 Å². The van der Waals surface area contributed by atoms with Crippen LogP contribution in [0.4, 0.5) is 11.4 Å². The molecule has 0 aliphatic rings. The first-order valence-electron chi connectivity index (χ1n) is 8.66. The summed E-state index contributed by atoms with van der Waals surface area (Å²) < 4.78 is 6.68. The Morgan fingerprint density at radius 1 is 0.857 bits per heavy atom. The normalized spacial score (nSPS) is 10.2. The van der Waals surface area contributed by atoms with Crippen LogP contribution in [0.5, 0.6) is 5.75 Å². The van der Waals surface area contributed by atoms with Crippen molar-refractivity contribution in [1.29, 1.82) is 0 Å². The van der Waals surface area contributed by atoms with Crippen molar-refractivity contribution in [1.82, 2.24) is 0 Å². The lowest BCUT2D eigenvalue weighted by atomic mass is 10.1. The highest BCUT2D eigenvalue weighted by molar-refractivity contribution is 14.1. The molecule has 0 atom stereocenters. The van der Waals surface area contributed by atoms with Gasteiger partial charge in [-0.25, -0.2) is 0 Å². The van der Waals surface area contributed by atoms with E-state index in [4.69, 9.17) is 4.74 Å². The highest BCUT2D eigenvalue weighted by atomic mass is 127. The third-order valence-electron chi connectivity index (χ3n) is 3.93. The minimum Gasteiger partial charge on any atom is -0.483 e. The van der Waals surface area contributed by atoms with Gasteiger partial charge in [0.2, 0.25) is 0 Å². The van der Waals surface area contributed by atoms with Crippen LogP contribution in [-0.4, -0.2) is 18.4 Å². The summed E-state index contributed by atoms with van der Waals surface area (Å²) in [6.45, 7) is 1.79. The maximum absolute atomic E-state index is 12.6. The summed E-state index contributed by atoms with van der Waals surface area (Å²) in [4.78, 5) is 24.7. The Kier molecular flexibility index (Phi) is 6.65. The van der Waals surface area contributed by atoms with Crippen molar-refractivity contribution < 1.29 is 14.3 Å². The number of hydrogen-bond donors (Lipinski definition) is 2. The number of amides is 2. The smallest absolute Gasteiger partial charge is 0.262 e. The first-order chi connectivity index (χ1) is 13.5. The van der Waals surface area contributed by atoms with Crippen LogP contribution in [0.2, 0.25) is 0 Å². The molecule has 0 fully saturated rings. The molecule has 2 N–H and O–H groups in total. The number of aryl methyl sites for hydroxylation is 1. The Labute approximate surface area is 177 Å². The summed E-state index contributed by atoms with van der Waals surface area (Å²) >= 11 is 2.20. The first-order valence-corrected chi connectivity index (χ1v) is 9.74. The van der Waals surface area contributed by atoms with Crippen molar-refractivity contribution in [2.75, 3.05) is 17.2 Å². The quantitative estimate of drug-likeness (QED) is 0.489. The Bertz CT molecular complexity index is 970. The molecule has 6 heteroatoms. The molecule has 0 saturated carbocycles. The van der Waals surface area contributed by atoms with Gasteiger partial charge in [-0.15, -0.1) is 0 Å². The average molecular weight is 486 g/mol. The molecule has 3 aromatic carbocycles. The van der Waals surface area contributed by atoms with Gasteiger partial charge in [-0.1, -0.05) is 29.8 Å². The number of para-hydroxylation sites is 1. The number of carbonyl (C=O) groups excluding carboxylic acids is 2. The zero-order chi connectivity index (χ0) is 19.9. The zero-order valence-corrected chi connectivity index (χ0v) is 17.4. The van der Waals surface area contributed by atoms with E-state index in [1.54, 1.807) is 24.3 Å². The predicted octanol–water partition coefficient (Wildman–Crippen LogP) is 4.87. The fraction of sp³-hybridized carbons (Fsp3) is 0.0909. The van der Waals surface area contributed by atoms with Crippen LogP contribution >= 0.6 is 22.6 Å². The van der Waals surface area contributed by atoms with E-state index in [-0.39, 0.29) is 18.4 Å². The summed E-state index contributed by atoms with van der Waals surface area (Å²) in [5, 5.41) is 5.60. The molecule has 0 saturated heterocycles. The maximum atomic E-state index is 12.6. The third-order valence-corrected chi connectivity index (χ3v) is 4.65. The Balaban J connectivity index is 1.63. The standard InChI is InChI=1S/C22H19IN2O3/c1-15-6-10-18(11-7-15)25-22(27)19-4-2-3-5-20(19)28-14-21(26)24-17-12-8-16(23)9-13-17/h2-13H,14H2,1H3,(H,24,26)(H,25,27). The Morgan fingerprint density at radius 2 is 1.46 bits per heavy atom. The number of anilines is 2. The van der Waals surface area contributed by atoms with Crippen molar-refractivity contribution in [3.8, 4) is 5.75 Å². The third kappa shape index (κ3) is 5.56. The van der Waals surface area contributed by atoms with Gasteiger partial charge in [0.05, 0.1) is 5.56 Å². The molecule has 0 bridgehead atoms. The van der Waals surface area contributed by atoms with Gasteiger partial charge < -0.3 is 15.4 Å². The van der Waals surface area contributed by atoms with Gasteiger partial charge in [-0.3, -0.25) is 9.59 Å². The van der Waals surface area contributed by atoms with Gasteiger partial charge in [0.1, 0.15) is 5.75 Å². The molecule has 0 unspecified atom stereocenters. The molecule has 0 aromatic heterocycles. The van der Waals surface area contributed by atoms with Gasteiger partial charge in [0.15, 0.2) is 6.61 Å². The largest absolute Gasteiger partial charge is 0.483 e. The van der Waals surface area contributed by atoms with Crippen molar-refractivity contribution in [2.24, 2.45) is 0 Å². The second-order valence-electron chi connectivity index (χ2n) is 6.16. The predicted molar refractivity (Wildman–Crippen MR) is 119 cm³/mol. The van der Waals surface area contributed by atoms with Crippen LogP contribution in [0, 0.1) is 10.5 Å². The molecule has 0 aliphatic carbocycles. The molecule has 142 valence electrons. The number of nitrogens with one attached hydrogen (secondary N) is 2. The number of halogens is 1. The highest BCUT2D eigenvalue weighted by Gasteiger charge is 2.14. The van der Waals surface area contributed by atoms with E-state index in [1.165, 1.54) is 0 Å². The second kappa shape index (κ2) is 9.36. The second-order valence-corrected chi connectivity index (χ2v) is 7.41. The van der Waals surface area contributed by atoms with E-state index in [1.807, 2.05) is 55.5 Å². The minimum atomic E-state index is -0.296. The lowest BCUT2D eigenvalue weighted by molar-refractivity contribution is -0.118. The molecule has 0 heterocycles. The lowest BCUT2D eigenvalue weighted by Gasteiger charge is -2.12. The van der Waals surface area contributed by atoms with Gasteiger partial charge in [-0.05, 0) is 78.0 Å². The summed E-state index contributed by atoms with van der Waals surface area (Å²) in [6, 6.07) is 21.8. The van der Waals surface area contributed by atoms with Crippen molar-refractivity contribution >= 4 is 45.8 Å². The van der Waals surface area contributed by atoms with E-state index in [2.05, 4.69) is 33.2 Å². The highest BCUT2D eigenvalue weighted by Crippen LogP contribution is 2.20. The molecular weight excluding hydrogens is 467 g/mol. The zero-order valence-electron chi connectivity index (χ0n) is 15.2. The molecule has 2 amide bonds. The van der Waals surface area contributed by atoms with Crippen molar-refractivity contribution in [3.05, 3.63) is 87.5 Å². The lowest BCUT2D eigenvalue weighted by Crippen LogP contribution is -2.21. The number of ether oxygens (including phenoxy) is 1. The van der Waals surface area contributed by atoms with Crippen molar-refractivity contribution in [2.45, 2.75) is 6.92 Å². The van der Waals surface area contributed by atoms with Crippen LogP contribution in [0.25, 0.3) is 0 Å². The first kappa shape index (κ1) is 19.9. The average Bonchev–Trinajstić information content (AvgIpc) is 2.70. The number of hydrogen-bond acceptors (Lipinski definition) is 3. The van der Waals surface area contributed by atoms with Gasteiger partial charge in [0, 0.05) is 14.9 Å². The van der Waals surface area contributed by atoms with E-state index >= 15 is 0 Å². The molecular formula is C22H19IN2O3. The molecule has 0 spiro atoms. The summed E-state index contributed by atoms with van der Waals surface area (Å²) in [7, 11) is 0. The van der Waals surface area contributed by atoms with Gasteiger partial charge in [-0.2, -0.15) is 0 Å². The minimum absolute atomic E-state index is 0.194. The summed E-state index contributed by atoms with van der Waals surface area (Å²) in [6.07, 6.45) is 0. The van der Waals surface area contributed by atoms with Crippen molar-refractivity contribution in [3.63, 3.8) is 0 Å². The van der Waals surface area contributed by atoms with E-state index in [0.29, 0.717) is 22.7 Å². The number of rotatable bonds is 6. The van der Waals surface area contributed by atoms with Crippen LogP contribution in [0.15, 0.2) is 72.8 Å². The fourth-order valence-electron chi connectivity index (χ4n) is 2.49. The Hall–Kier alpha value is -2.87. The fourth-order valence-corrected chi connectivity index (χ4v) is 2.85. The number of benzene rings is 3. The van der Waals surface area contributed by atoms with Crippen LogP contribution in [0.3, 0.4) is 0 Å². The van der Waals surface area contributed by atoms with Crippen LogP contribution < -0.4 is 15.4 Å². The summed E-state index contributed by atoms with van der Waals surface area (Å²) in [5.41, 5.74) is 2.87. The molecule has 28 heavy (non-hydrogen) atoms. The molecule has 5 nitrogen and oxygen atoms in total.